The molecule has 4 aromatic rings. The summed E-state index contributed by atoms with van der Waals surface area (Å²) in [5.74, 6) is 2.67. The number of nitrogens with one attached hydrogen (secondary N) is 1. The van der Waals surface area contributed by atoms with Crippen molar-refractivity contribution < 1.29 is 13.5 Å². The summed E-state index contributed by atoms with van der Waals surface area (Å²) in [5.41, 5.74) is 3.52. The minimum atomic E-state index is 0. The van der Waals surface area contributed by atoms with Crippen LogP contribution in [0.25, 0.3) is 33.8 Å². The third-order valence-electron chi connectivity index (χ3n) is 4.61. The molecule has 8 nitrogen and oxygen atoms in total. The number of furan rings is 1. The minimum Gasteiger partial charge on any atom is -0.466 e. The average molecular weight is 404 g/mol. The summed E-state index contributed by atoms with van der Waals surface area (Å²) >= 11 is 0. The Hall–Kier alpha value is -2.71. The maximum Gasteiger partial charge on any atom is 0.259 e. The Labute approximate surface area is 168 Å². The molecule has 1 atom stereocenters. The van der Waals surface area contributed by atoms with E-state index in [4.69, 9.17) is 13.5 Å². The number of likely N-dealkylation sites (N-methyl/N-ethyl adjacent to an activating group) is 1. The van der Waals surface area contributed by atoms with Gasteiger partial charge < -0.3 is 18.8 Å². The molecule has 0 aliphatic heterocycles. The van der Waals surface area contributed by atoms with E-state index in [1.807, 2.05) is 40.0 Å². The van der Waals surface area contributed by atoms with E-state index in [2.05, 4.69) is 32.5 Å². The predicted molar refractivity (Wildman–Crippen MR) is 106 cm³/mol. The Morgan fingerprint density at radius 2 is 1.82 bits per heavy atom. The Kier molecular flexibility index (Phi) is 5.53. The molecule has 9 heteroatoms. The van der Waals surface area contributed by atoms with E-state index in [9.17, 15) is 0 Å². The maximum atomic E-state index is 5.65. The fraction of sp³-hybridized carbons (Fsp3) is 0.368. The fourth-order valence-electron chi connectivity index (χ4n) is 3.11. The standard InChI is InChI=1S/C19H21N5O3.ClH/c1-9(20-5)6-16-22-18(26-24-16)14-8-15(13-7-10(2)25-12(13)4)21-19-17(14)11(3)23-27-19;/h7-9,20H,6H2,1-5H3;1H. The lowest BCUT2D eigenvalue weighted by atomic mass is 10.1. The van der Waals surface area contributed by atoms with Crippen molar-refractivity contribution in [2.75, 3.05) is 7.05 Å². The zero-order chi connectivity index (χ0) is 19.1. The summed E-state index contributed by atoms with van der Waals surface area (Å²) in [6, 6.07) is 4.12. The number of pyridine rings is 1. The first-order valence-corrected chi connectivity index (χ1v) is 8.81. The van der Waals surface area contributed by atoms with Crippen molar-refractivity contribution in [1.29, 1.82) is 0 Å². The summed E-state index contributed by atoms with van der Waals surface area (Å²) in [6.07, 6.45) is 0.670. The van der Waals surface area contributed by atoms with Crippen molar-refractivity contribution >= 4 is 23.5 Å². The molecule has 0 saturated heterocycles. The van der Waals surface area contributed by atoms with E-state index in [-0.39, 0.29) is 18.4 Å². The molecule has 4 aromatic heterocycles. The second-order valence-corrected chi connectivity index (χ2v) is 6.74. The molecule has 1 N–H and O–H groups in total. The van der Waals surface area contributed by atoms with Crippen LogP contribution in [0.1, 0.15) is 30.0 Å². The molecule has 0 radical (unpaired) electrons. The SMILES string of the molecule is CNC(C)Cc1noc(-c2cc(-c3cc(C)oc3C)nc3onc(C)c23)n1.Cl. The van der Waals surface area contributed by atoms with Crippen molar-refractivity contribution in [2.45, 2.75) is 40.2 Å². The quantitative estimate of drug-likeness (QED) is 0.532. The largest absolute Gasteiger partial charge is 0.466 e. The van der Waals surface area contributed by atoms with E-state index >= 15 is 0 Å². The normalized spacial score (nSPS) is 12.3. The lowest BCUT2D eigenvalue weighted by Gasteiger charge is -2.05. The summed E-state index contributed by atoms with van der Waals surface area (Å²) in [4.78, 5) is 9.17. The fourth-order valence-corrected chi connectivity index (χ4v) is 3.11. The van der Waals surface area contributed by atoms with Crippen molar-refractivity contribution in [2.24, 2.45) is 0 Å². The molecule has 0 bridgehead atoms. The highest BCUT2D eigenvalue weighted by Gasteiger charge is 2.21. The zero-order valence-electron chi connectivity index (χ0n) is 16.4. The first-order valence-electron chi connectivity index (χ1n) is 8.81. The third kappa shape index (κ3) is 3.53. The smallest absolute Gasteiger partial charge is 0.259 e. The van der Waals surface area contributed by atoms with Gasteiger partial charge in [0, 0.05) is 18.0 Å². The van der Waals surface area contributed by atoms with Gasteiger partial charge in [-0.3, -0.25) is 0 Å². The van der Waals surface area contributed by atoms with Gasteiger partial charge in [0.05, 0.1) is 22.3 Å². The Morgan fingerprint density at radius 1 is 1.04 bits per heavy atom. The molecular weight excluding hydrogens is 382 g/mol. The van der Waals surface area contributed by atoms with Crippen LogP contribution in [0.3, 0.4) is 0 Å². The summed E-state index contributed by atoms with van der Waals surface area (Å²) in [6.45, 7) is 7.74. The number of fused-ring (bicyclic) bond motifs is 1. The highest BCUT2D eigenvalue weighted by Crippen LogP contribution is 2.34. The van der Waals surface area contributed by atoms with E-state index in [1.165, 1.54) is 0 Å². The highest BCUT2D eigenvalue weighted by molar-refractivity contribution is 5.93. The molecule has 4 heterocycles. The van der Waals surface area contributed by atoms with Crippen molar-refractivity contribution in [1.82, 2.24) is 25.6 Å². The number of hydrogen-bond acceptors (Lipinski definition) is 8. The average Bonchev–Trinajstić information content (AvgIpc) is 3.34. The number of halogens is 1. The summed E-state index contributed by atoms with van der Waals surface area (Å²) in [5, 5.41) is 12.1. The summed E-state index contributed by atoms with van der Waals surface area (Å²) < 4.78 is 16.6. The van der Waals surface area contributed by atoms with Gasteiger partial charge in [0.25, 0.3) is 11.6 Å². The van der Waals surface area contributed by atoms with E-state index < -0.39 is 0 Å². The highest BCUT2D eigenvalue weighted by atomic mass is 35.5. The van der Waals surface area contributed by atoms with Crippen LogP contribution in [0, 0.1) is 20.8 Å². The molecular formula is C19H22ClN5O3. The second-order valence-electron chi connectivity index (χ2n) is 6.74. The van der Waals surface area contributed by atoms with Crippen LogP contribution >= 0.6 is 12.4 Å². The minimum absolute atomic E-state index is 0. The van der Waals surface area contributed by atoms with Gasteiger partial charge in [0.1, 0.15) is 11.5 Å². The van der Waals surface area contributed by atoms with Crippen LogP contribution in [0.5, 0.6) is 0 Å². The lowest BCUT2D eigenvalue weighted by Crippen LogP contribution is -2.24. The molecule has 148 valence electrons. The van der Waals surface area contributed by atoms with Gasteiger partial charge >= 0.3 is 0 Å². The van der Waals surface area contributed by atoms with Gasteiger partial charge in [0.15, 0.2) is 5.82 Å². The molecule has 0 aromatic carbocycles. The second kappa shape index (κ2) is 7.73. The van der Waals surface area contributed by atoms with E-state index in [1.54, 1.807) is 0 Å². The monoisotopic (exact) mass is 403 g/mol. The van der Waals surface area contributed by atoms with E-state index in [0.29, 0.717) is 29.5 Å². The molecule has 0 fully saturated rings. The van der Waals surface area contributed by atoms with Crippen LogP contribution in [0.2, 0.25) is 0 Å². The van der Waals surface area contributed by atoms with Crippen LogP contribution in [-0.4, -0.2) is 33.4 Å². The van der Waals surface area contributed by atoms with Crippen LogP contribution in [0.4, 0.5) is 0 Å². The first kappa shape index (κ1) is 20.0. The number of rotatable bonds is 5. The van der Waals surface area contributed by atoms with Crippen LogP contribution in [0.15, 0.2) is 25.6 Å². The van der Waals surface area contributed by atoms with Crippen molar-refractivity contribution in [3.63, 3.8) is 0 Å². The van der Waals surface area contributed by atoms with E-state index in [0.717, 1.165) is 33.7 Å². The summed E-state index contributed by atoms with van der Waals surface area (Å²) in [7, 11) is 1.90. The van der Waals surface area contributed by atoms with Crippen molar-refractivity contribution in [3.05, 3.63) is 35.2 Å². The molecule has 4 rings (SSSR count). The number of aryl methyl sites for hydroxylation is 3. The van der Waals surface area contributed by atoms with Crippen molar-refractivity contribution in [3.8, 4) is 22.7 Å². The molecule has 0 aliphatic carbocycles. The Balaban J connectivity index is 0.00000225. The molecule has 0 spiro atoms. The third-order valence-corrected chi connectivity index (χ3v) is 4.61. The van der Waals surface area contributed by atoms with Crippen LogP contribution in [-0.2, 0) is 6.42 Å². The number of hydrogen-bond donors (Lipinski definition) is 1. The first-order chi connectivity index (χ1) is 13.0. The lowest BCUT2D eigenvalue weighted by molar-refractivity contribution is 0.418. The molecule has 0 saturated carbocycles. The van der Waals surface area contributed by atoms with Gasteiger partial charge in [-0.1, -0.05) is 10.3 Å². The van der Waals surface area contributed by atoms with Gasteiger partial charge in [-0.2, -0.15) is 4.98 Å². The molecule has 0 aliphatic rings. The van der Waals surface area contributed by atoms with Gasteiger partial charge in [-0.25, -0.2) is 4.98 Å². The maximum absolute atomic E-state index is 5.65. The van der Waals surface area contributed by atoms with Gasteiger partial charge in [-0.05, 0) is 46.9 Å². The predicted octanol–water partition coefficient (Wildman–Crippen LogP) is 4.03. The Morgan fingerprint density at radius 3 is 2.50 bits per heavy atom. The Bertz CT molecular complexity index is 1110. The van der Waals surface area contributed by atoms with Crippen LogP contribution < -0.4 is 5.32 Å². The van der Waals surface area contributed by atoms with Gasteiger partial charge in [0.2, 0.25) is 0 Å². The number of nitrogens with zero attached hydrogens (tertiary/aromatic N) is 4. The van der Waals surface area contributed by atoms with Gasteiger partial charge in [-0.15, -0.1) is 12.4 Å². The number of aromatic nitrogens is 4. The topological polar surface area (TPSA) is 103 Å². The molecule has 1 unspecified atom stereocenters. The zero-order valence-corrected chi connectivity index (χ0v) is 17.2. The molecule has 28 heavy (non-hydrogen) atoms. The molecule has 0 amide bonds.